The molecule has 2 aromatic rings. The van der Waals surface area contributed by atoms with Crippen LogP contribution in [0.25, 0.3) is 0 Å². The number of carboxylic acid groups (broad SMARTS) is 1. The van der Waals surface area contributed by atoms with Crippen LogP contribution in [0.5, 0.6) is 0 Å². The Hall–Kier alpha value is -2.55. The molecule has 2 rings (SSSR count). The number of halogens is 3. The van der Waals surface area contributed by atoms with E-state index in [0.717, 1.165) is 18.2 Å². The van der Waals surface area contributed by atoms with Crippen molar-refractivity contribution in [3.63, 3.8) is 0 Å². The number of carboxylic acids is 1. The first-order valence-corrected chi connectivity index (χ1v) is 8.01. The Bertz CT molecular complexity index is 875. The summed E-state index contributed by atoms with van der Waals surface area (Å²) in [4.78, 5) is 10.5. The fourth-order valence-corrected chi connectivity index (χ4v) is 3.01. The number of sulfonamides is 1. The van der Waals surface area contributed by atoms with Gasteiger partial charge in [-0.15, -0.1) is 0 Å². The predicted octanol–water partition coefficient (Wildman–Crippen LogP) is 2.18. The zero-order chi connectivity index (χ0) is 18.1. The van der Waals surface area contributed by atoms with E-state index in [4.69, 9.17) is 0 Å². The molecule has 0 unspecified atom stereocenters. The van der Waals surface area contributed by atoms with E-state index in [1.165, 1.54) is 12.1 Å². The van der Waals surface area contributed by atoms with Crippen LogP contribution in [0.1, 0.15) is 21.5 Å². The van der Waals surface area contributed by atoms with Crippen molar-refractivity contribution in [2.45, 2.75) is 18.0 Å². The SMILES string of the molecule is Cc1ccc(C(=O)[O-])cc1NS(=O)(=O)c1ccc(C(F)(F)F)cc1. The van der Waals surface area contributed by atoms with Gasteiger partial charge in [0.2, 0.25) is 0 Å². The first-order chi connectivity index (χ1) is 11.0. The number of nitrogens with one attached hydrogen (secondary N) is 1. The molecule has 0 radical (unpaired) electrons. The summed E-state index contributed by atoms with van der Waals surface area (Å²) in [6, 6.07) is 6.66. The summed E-state index contributed by atoms with van der Waals surface area (Å²) in [5, 5.41) is 10.8. The van der Waals surface area contributed by atoms with E-state index < -0.39 is 27.7 Å². The van der Waals surface area contributed by atoms with Crippen LogP contribution in [0.15, 0.2) is 47.4 Å². The first-order valence-electron chi connectivity index (χ1n) is 6.53. The highest BCUT2D eigenvalue weighted by Gasteiger charge is 2.30. The van der Waals surface area contributed by atoms with E-state index in [1.807, 2.05) is 0 Å². The summed E-state index contributed by atoms with van der Waals surface area (Å²) < 4.78 is 64.2. The number of anilines is 1. The number of carbonyl (C=O) groups excluding carboxylic acids is 1. The number of carbonyl (C=O) groups is 1. The van der Waals surface area contributed by atoms with Crippen LogP contribution >= 0.6 is 0 Å². The minimum atomic E-state index is -4.57. The summed E-state index contributed by atoms with van der Waals surface area (Å²) in [5.74, 6) is -1.48. The number of aryl methyl sites for hydroxylation is 1. The van der Waals surface area contributed by atoms with E-state index in [9.17, 15) is 31.5 Å². The van der Waals surface area contributed by atoms with Gasteiger partial charge < -0.3 is 9.90 Å². The molecular formula is C15H11F3NO4S-. The second-order valence-corrected chi connectivity index (χ2v) is 6.63. The maximum absolute atomic E-state index is 12.5. The van der Waals surface area contributed by atoms with Crippen molar-refractivity contribution in [2.24, 2.45) is 0 Å². The van der Waals surface area contributed by atoms with Crippen LogP contribution in [0.2, 0.25) is 0 Å². The fourth-order valence-electron chi connectivity index (χ4n) is 1.89. The van der Waals surface area contributed by atoms with E-state index >= 15 is 0 Å². The summed E-state index contributed by atoms with van der Waals surface area (Å²) in [6.45, 7) is 1.55. The molecule has 0 saturated heterocycles. The molecule has 0 aliphatic rings. The highest BCUT2D eigenvalue weighted by Crippen LogP contribution is 2.30. The molecule has 24 heavy (non-hydrogen) atoms. The molecule has 0 heterocycles. The number of benzene rings is 2. The lowest BCUT2D eigenvalue weighted by Gasteiger charge is -2.13. The molecular weight excluding hydrogens is 347 g/mol. The monoisotopic (exact) mass is 358 g/mol. The van der Waals surface area contributed by atoms with E-state index in [2.05, 4.69) is 4.72 Å². The Morgan fingerprint density at radius 3 is 2.17 bits per heavy atom. The van der Waals surface area contributed by atoms with Crippen molar-refractivity contribution >= 4 is 21.7 Å². The third-order valence-corrected chi connectivity index (χ3v) is 4.59. The minimum Gasteiger partial charge on any atom is -0.545 e. The van der Waals surface area contributed by atoms with Gasteiger partial charge in [-0.05, 0) is 48.4 Å². The molecule has 5 nitrogen and oxygen atoms in total. The Balaban J connectivity index is 2.35. The van der Waals surface area contributed by atoms with Crippen LogP contribution < -0.4 is 9.83 Å². The van der Waals surface area contributed by atoms with Gasteiger partial charge in [0.05, 0.1) is 22.1 Å². The van der Waals surface area contributed by atoms with Crippen molar-refractivity contribution in [2.75, 3.05) is 4.72 Å². The van der Waals surface area contributed by atoms with Gasteiger partial charge in [-0.1, -0.05) is 12.1 Å². The fraction of sp³-hybridized carbons (Fsp3) is 0.133. The molecule has 9 heteroatoms. The maximum atomic E-state index is 12.5. The number of hydrogen-bond acceptors (Lipinski definition) is 4. The molecule has 128 valence electrons. The molecule has 0 aromatic heterocycles. The maximum Gasteiger partial charge on any atom is 0.416 e. The molecule has 0 fully saturated rings. The summed E-state index contributed by atoms with van der Waals surface area (Å²) in [7, 11) is -4.17. The molecule has 0 aliphatic heterocycles. The zero-order valence-corrected chi connectivity index (χ0v) is 13.0. The third kappa shape index (κ3) is 3.85. The van der Waals surface area contributed by atoms with E-state index in [-0.39, 0.29) is 16.1 Å². The van der Waals surface area contributed by atoms with Gasteiger partial charge in [0.25, 0.3) is 10.0 Å². The van der Waals surface area contributed by atoms with Crippen molar-refractivity contribution in [3.05, 3.63) is 59.2 Å². The van der Waals surface area contributed by atoms with Gasteiger partial charge >= 0.3 is 6.18 Å². The lowest BCUT2D eigenvalue weighted by atomic mass is 10.1. The average molecular weight is 358 g/mol. The molecule has 0 saturated carbocycles. The molecule has 0 aliphatic carbocycles. The van der Waals surface area contributed by atoms with E-state index in [0.29, 0.717) is 17.7 Å². The molecule has 0 amide bonds. The van der Waals surface area contributed by atoms with Crippen LogP contribution in [-0.2, 0) is 16.2 Å². The average Bonchev–Trinajstić information content (AvgIpc) is 2.48. The largest absolute Gasteiger partial charge is 0.545 e. The molecule has 0 atom stereocenters. The summed E-state index contributed by atoms with van der Waals surface area (Å²) in [5.41, 5.74) is -0.769. The normalized spacial score (nSPS) is 12.0. The van der Waals surface area contributed by atoms with Crippen molar-refractivity contribution in [1.82, 2.24) is 0 Å². The highest BCUT2D eigenvalue weighted by molar-refractivity contribution is 7.92. The number of rotatable bonds is 4. The summed E-state index contributed by atoms with van der Waals surface area (Å²) >= 11 is 0. The van der Waals surface area contributed by atoms with Gasteiger partial charge in [-0.25, -0.2) is 8.42 Å². The zero-order valence-electron chi connectivity index (χ0n) is 12.2. The lowest BCUT2D eigenvalue weighted by Crippen LogP contribution is -2.22. The molecule has 0 spiro atoms. The number of hydrogen-bond donors (Lipinski definition) is 1. The van der Waals surface area contributed by atoms with Crippen molar-refractivity contribution in [3.8, 4) is 0 Å². The molecule has 1 N–H and O–H groups in total. The van der Waals surface area contributed by atoms with Gasteiger partial charge in [-0.2, -0.15) is 13.2 Å². The Labute approximate surface area is 135 Å². The van der Waals surface area contributed by atoms with Gasteiger partial charge in [0, 0.05) is 0 Å². The van der Waals surface area contributed by atoms with Crippen LogP contribution in [-0.4, -0.2) is 14.4 Å². The predicted molar refractivity (Wildman–Crippen MR) is 77.8 cm³/mol. The number of alkyl halides is 3. The standard InChI is InChI=1S/C15H12F3NO4S/c1-9-2-3-10(14(20)21)8-13(9)19-24(22,23)12-6-4-11(5-7-12)15(16,17)18/h2-8,19H,1H3,(H,20,21)/p-1. The van der Waals surface area contributed by atoms with Gasteiger partial charge in [0.15, 0.2) is 0 Å². The second-order valence-electron chi connectivity index (χ2n) is 4.94. The van der Waals surface area contributed by atoms with Gasteiger partial charge in [-0.3, -0.25) is 4.72 Å². The first kappa shape index (κ1) is 17.8. The topological polar surface area (TPSA) is 86.3 Å². The van der Waals surface area contributed by atoms with Crippen LogP contribution in [0.4, 0.5) is 18.9 Å². The lowest BCUT2D eigenvalue weighted by molar-refractivity contribution is -0.255. The quantitative estimate of drug-likeness (QED) is 0.908. The number of aromatic carboxylic acids is 1. The Morgan fingerprint density at radius 1 is 1.08 bits per heavy atom. The van der Waals surface area contributed by atoms with Crippen molar-refractivity contribution in [1.29, 1.82) is 0 Å². The van der Waals surface area contributed by atoms with E-state index in [1.54, 1.807) is 6.92 Å². The minimum absolute atomic E-state index is 0.00315. The van der Waals surface area contributed by atoms with Crippen LogP contribution in [0, 0.1) is 6.92 Å². The Kier molecular flexibility index (Phi) is 4.57. The van der Waals surface area contributed by atoms with Gasteiger partial charge in [0.1, 0.15) is 0 Å². The second kappa shape index (κ2) is 6.16. The van der Waals surface area contributed by atoms with Crippen LogP contribution in [0.3, 0.4) is 0 Å². The Morgan fingerprint density at radius 2 is 1.67 bits per heavy atom. The smallest absolute Gasteiger partial charge is 0.416 e. The molecule has 2 aromatic carbocycles. The summed E-state index contributed by atoms with van der Waals surface area (Å²) in [6.07, 6.45) is -4.57. The van der Waals surface area contributed by atoms with Crippen molar-refractivity contribution < 1.29 is 31.5 Å². The third-order valence-electron chi connectivity index (χ3n) is 3.21. The molecule has 0 bridgehead atoms. The highest BCUT2D eigenvalue weighted by atomic mass is 32.2.